The summed E-state index contributed by atoms with van der Waals surface area (Å²) in [5.41, 5.74) is 9.53. The van der Waals surface area contributed by atoms with Crippen molar-refractivity contribution >= 4 is 11.8 Å². The van der Waals surface area contributed by atoms with Gasteiger partial charge in [0.1, 0.15) is 18.6 Å². The fourth-order valence-corrected chi connectivity index (χ4v) is 7.40. The number of piperidine rings is 1. The van der Waals surface area contributed by atoms with E-state index < -0.39 is 12.2 Å². The number of alkyl halides is 3. The number of nitrogens with two attached hydrogens (primary N) is 1. The van der Waals surface area contributed by atoms with E-state index in [0.29, 0.717) is 5.03 Å². The Hall–Kier alpha value is -2.18. The zero-order chi connectivity index (χ0) is 25.1. The van der Waals surface area contributed by atoms with Crippen LogP contribution in [0, 0.1) is 5.41 Å². The van der Waals surface area contributed by atoms with Gasteiger partial charge >= 0.3 is 6.18 Å². The largest absolute Gasteiger partial charge is 0.413 e. The van der Waals surface area contributed by atoms with E-state index in [9.17, 15) is 13.2 Å². The number of nitrogens with one attached hydrogen (secondary N) is 4. The molecule has 0 radical (unpaired) electrons. The van der Waals surface area contributed by atoms with Crippen LogP contribution in [0.25, 0.3) is 0 Å². The van der Waals surface area contributed by atoms with Gasteiger partial charge in [-0.1, -0.05) is 36.0 Å². The first kappa shape index (κ1) is 24.2. The van der Waals surface area contributed by atoms with E-state index in [0.717, 1.165) is 44.1 Å². The van der Waals surface area contributed by atoms with Crippen LogP contribution in [0.3, 0.4) is 0 Å². The summed E-state index contributed by atoms with van der Waals surface area (Å²) in [7, 11) is 1.45. The zero-order valence-corrected chi connectivity index (χ0v) is 20.9. The number of fused-ring (bicyclic) bond motifs is 2. The van der Waals surface area contributed by atoms with E-state index in [1.165, 1.54) is 35.4 Å². The minimum absolute atomic E-state index is 0.0269. The number of likely N-dealkylation sites (N-methyl/N-ethyl adjacent to an activating group) is 1. The van der Waals surface area contributed by atoms with Crippen molar-refractivity contribution in [2.45, 2.75) is 56.1 Å². The monoisotopic (exact) mass is 519 g/mol. The van der Waals surface area contributed by atoms with Crippen LogP contribution in [0.2, 0.25) is 0 Å². The fourth-order valence-electron chi connectivity index (χ4n) is 6.27. The van der Waals surface area contributed by atoms with Crippen LogP contribution in [-0.2, 0) is 6.42 Å². The third kappa shape index (κ3) is 4.20. The molecule has 1 aromatic carbocycles. The van der Waals surface area contributed by atoms with Crippen molar-refractivity contribution in [3.05, 3.63) is 69.9 Å². The summed E-state index contributed by atoms with van der Waals surface area (Å²) in [6.45, 7) is 1.86. The van der Waals surface area contributed by atoms with Gasteiger partial charge in [0.2, 0.25) is 0 Å². The number of benzene rings is 1. The molecule has 5 unspecified atom stereocenters. The van der Waals surface area contributed by atoms with Crippen LogP contribution in [0.1, 0.15) is 30.0 Å². The molecule has 36 heavy (non-hydrogen) atoms. The lowest BCUT2D eigenvalue weighted by atomic mass is 9.73. The number of allylic oxidation sites excluding steroid dienone is 2. The third-order valence-corrected chi connectivity index (χ3v) is 9.30. The number of hydrogen-bond donors (Lipinski definition) is 5. The number of thioether (sulfide) groups is 1. The molecule has 2 saturated heterocycles. The highest BCUT2D eigenvalue weighted by atomic mass is 32.2. The maximum Gasteiger partial charge on any atom is 0.413 e. The number of hydrogen-bond acceptors (Lipinski definition) is 8. The van der Waals surface area contributed by atoms with Crippen molar-refractivity contribution in [3.8, 4) is 0 Å². The van der Waals surface area contributed by atoms with Crippen molar-refractivity contribution in [1.82, 2.24) is 31.1 Å². The van der Waals surface area contributed by atoms with Gasteiger partial charge in [-0.2, -0.15) is 13.2 Å². The summed E-state index contributed by atoms with van der Waals surface area (Å²) in [6, 6.07) is 6.97. The molecule has 1 aliphatic carbocycles. The Morgan fingerprint density at radius 2 is 1.86 bits per heavy atom. The van der Waals surface area contributed by atoms with E-state index in [1.54, 1.807) is 12.3 Å². The number of rotatable bonds is 3. The van der Waals surface area contributed by atoms with E-state index in [2.05, 4.69) is 50.4 Å². The molecule has 5 atom stereocenters. The summed E-state index contributed by atoms with van der Waals surface area (Å²) in [5, 5.41) is 14.5. The fraction of sp³-hybridized carbons (Fsp3) is 0.520. The average Bonchev–Trinajstić information content (AvgIpc) is 3.38. The molecule has 194 valence electrons. The highest BCUT2D eigenvalue weighted by molar-refractivity contribution is 8.06. The third-order valence-electron chi connectivity index (χ3n) is 8.25. The van der Waals surface area contributed by atoms with Crippen molar-refractivity contribution in [3.63, 3.8) is 0 Å². The van der Waals surface area contributed by atoms with Crippen LogP contribution < -0.4 is 27.0 Å². The molecule has 0 saturated carbocycles. The first-order valence-electron chi connectivity index (χ1n) is 12.4. The first-order valence-corrected chi connectivity index (χ1v) is 13.2. The second-order valence-electron chi connectivity index (χ2n) is 10.4. The Morgan fingerprint density at radius 1 is 1.11 bits per heavy atom. The van der Waals surface area contributed by atoms with Gasteiger partial charge in [0.05, 0.1) is 5.03 Å². The number of nitrogens with zero attached hydrogens (tertiary/aromatic N) is 2. The molecule has 5 aliphatic rings. The van der Waals surface area contributed by atoms with Gasteiger partial charge in [0.15, 0.2) is 6.04 Å². The van der Waals surface area contributed by atoms with Crippen molar-refractivity contribution < 1.29 is 13.2 Å². The van der Waals surface area contributed by atoms with E-state index in [4.69, 9.17) is 5.73 Å². The van der Waals surface area contributed by atoms with E-state index >= 15 is 0 Å². The normalized spacial score (nSPS) is 33.5. The molecule has 1 aromatic rings. The van der Waals surface area contributed by atoms with Gasteiger partial charge in [0, 0.05) is 37.3 Å². The molecule has 6 rings (SSSR count). The second kappa shape index (κ2) is 8.98. The Morgan fingerprint density at radius 3 is 2.61 bits per heavy atom. The van der Waals surface area contributed by atoms with Gasteiger partial charge in [-0.3, -0.25) is 15.5 Å². The predicted molar refractivity (Wildman–Crippen MR) is 135 cm³/mol. The van der Waals surface area contributed by atoms with Crippen LogP contribution >= 0.6 is 11.8 Å². The van der Waals surface area contributed by atoms with Crippen LogP contribution in [0.15, 0.2) is 58.8 Å². The number of halogens is 3. The van der Waals surface area contributed by atoms with Gasteiger partial charge in [-0.15, -0.1) is 0 Å². The smallest absolute Gasteiger partial charge is 0.371 e. The lowest BCUT2D eigenvalue weighted by Crippen LogP contribution is -2.55. The minimum atomic E-state index is -4.35. The van der Waals surface area contributed by atoms with E-state index in [-0.39, 0.29) is 35.0 Å². The minimum Gasteiger partial charge on any atom is -0.371 e. The van der Waals surface area contributed by atoms with Crippen LogP contribution in [0.5, 0.6) is 0 Å². The molecule has 2 fully saturated rings. The molecule has 0 aromatic heterocycles. The molecule has 11 heteroatoms. The Bertz CT molecular complexity index is 1100. The summed E-state index contributed by atoms with van der Waals surface area (Å²) >= 11 is 1.11. The molecule has 1 spiro atoms. The average molecular weight is 520 g/mol. The quantitative estimate of drug-likeness (QED) is 0.417. The zero-order valence-electron chi connectivity index (χ0n) is 20.1. The van der Waals surface area contributed by atoms with Gasteiger partial charge in [0.25, 0.3) is 0 Å². The summed E-state index contributed by atoms with van der Waals surface area (Å²) in [5.74, 6) is 0. The lowest BCUT2D eigenvalue weighted by Gasteiger charge is -2.44. The topological polar surface area (TPSA) is 80.6 Å². The SMILES string of the molecule is CN1C=CC=C(SC2=CNC3NC(N4CCC5(CC4)Cc4ccccc4C5N)NC3N2)C1C(F)(F)F. The van der Waals surface area contributed by atoms with E-state index in [1.807, 2.05) is 0 Å². The second-order valence-corrected chi connectivity index (χ2v) is 11.5. The summed E-state index contributed by atoms with van der Waals surface area (Å²) in [6.07, 6.45) is 4.93. The molecular weight excluding hydrogens is 487 g/mol. The Balaban J connectivity index is 1.06. The van der Waals surface area contributed by atoms with Gasteiger partial charge in [-0.25, -0.2) is 0 Å². The molecule has 4 heterocycles. The summed E-state index contributed by atoms with van der Waals surface area (Å²) < 4.78 is 41.0. The Kier molecular flexibility index (Phi) is 6.03. The van der Waals surface area contributed by atoms with Crippen molar-refractivity contribution in [2.75, 3.05) is 20.1 Å². The highest BCUT2D eigenvalue weighted by Gasteiger charge is 2.48. The lowest BCUT2D eigenvalue weighted by molar-refractivity contribution is -0.162. The maximum atomic E-state index is 13.7. The van der Waals surface area contributed by atoms with Crippen molar-refractivity contribution in [2.24, 2.45) is 11.1 Å². The first-order chi connectivity index (χ1) is 17.2. The van der Waals surface area contributed by atoms with Crippen LogP contribution in [0.4, 0.5) is 13.2 Å². The molecule has 0 bridgehead atoms. The predicted octanol–water partition coefficient (Wildman–Crippen LogP) is 2.45. The number of likely N-dealkylation sites (tertiary alicyclic amines) is 1. The summed E-state index contributed by atoms with van der Waals surface area (Å²) in [4.78, 5) is 3.84. The standard InChI is InChI=1S/C25H32F3N7S/c1-34-10-4-7-17(20(34)25(26,27)28)36-18-14-30-21-22(31-18)33-23(32-21)35-11-8-24(9-12-35)13-15-5-2-3-6-16(15)19(24)29/h2-7,10,14,19-23,30-33H,8-9,11-13,29H2,1H3. The van der Waals surface area contributed by atoms with Crippen molar-refractivity contribution in [1.29, 1.82) is 0 Å². The Labute approximate surface area is 213 Å². The van der Waals surface area contributed by atoms with Gasteiger partial charge < -0.3 is 21.3 Å². The maximum absolute atomic E-state index is 13.7. The molecular formula is C25H32F3N7S. The molecule has 7 nitrogen and oxygen atoms in total. The molecule has 0 amide bonds. The molecule has 4 aliphatic heterocycles. The molecule has 6 N–H and O–H groups in total. The van der Waals surface area contributed by atoms with Gasteiger partial charge in [-0.05, 0) is 54.2 Å². The highest BCUT2D eigenvalue weighted by Crippen LogP contribution is 2.50. The van der Waals surface area contributed by atoms with Crippen LogP contribution in [-0.4, -0.2) is 60.8 Å².